The van der Waals surface area contributed by atoms with Gasteiger partial charge < -0.3 is 10.6 Å². The van der Waals surface area contributed by atoms with Crippen LogP contribution in [0.5, 0.6) is 0 Å². The average Bonchev–Trinajstić information content (AvgIpc) is 2.43. The molecule has 118 valence electrons. The lowest BCUT2D eigenvalue weighted by Gasteiger charge is -2.30. The smallest absolute Gasteiger partial charge is 0.242 e. The second-order valence-corrected chi connectivity index (χ2v) is 5.91. The van der Waals surface area contributed by atoms with E-state index in [1.165, 1.54) is 0 Å². The lowest BCUT2D eigenvalue weighted by atomic mass is 9.91. The highest BCUT2D eigenvalue weighted by molar-refractivity contribution is 6.35. The van der Waals surface area contributed by atoms with Crippen LogP contribution in [-0.2, 0) is 10.3 Å². The largest absolute Gasteiger partial charge is 0.368 e. The lowest BCUT2D eigenvalue weighted by molar-refractivity contribution is -0.124. The van der Waals surface area contributed by atoms with Crippen molar-refractivity contribution in [2.75, 3.05) is 26.2 Å². The molecule has 0 bridgehead atoms. The van der Waals surface area contributed by atoms with Crippen molar-refractivity contribution in [2.24, 2.45) is 5.73 Å². The first kappa shape index (κ1) is 18.2. The molecule has 21 heavy (non-hydrogen) atoms. The summed E-state index contributed by atoms with van der Waals surface area (Å²) in [7, 11) is 0. The number of carbonyl (C=O) groups excluding carboxylic acids is 1. The standard InChI is InChI=1S/C15H23Cl2N3O/c1-4-20(5-2)9-8-19-15(3,14(18)21)12-7-6-11(16)10-13(12)17/h6-7,10,19H,4-5,8-9H2,1-3H3,(H2,18,21). The maximum absolute atomic E-state index is 11.9. The zero-order chi connectivity index (χ0) is 16.0. The van der Waals surface area contributed by atoms with Gasteiger partial charge in [0.2, 0.25) is 5.91 Å². The molecule has 0 fully saturated rings. The summed E-state index contributed by atoms with van der Waals surface area (Å²) < 4.78 is 0. The third-order valence-corrected chi connectivity index (χ3v) is 4.31. The minimum absolute atomic E-state index is 0.430. The number of nitrogens with one attached hydrogen (secondary N) is 1. The second kappa shape index (κ2) is 7.99. The van der Waals surface area contributed by atoms with E-state index >= 15 is 0 Å². The van der Waals surface area contributed by atoms with Gasteiger partial charge in [0.1, 0.15) is 5.54 Å². The molecule has 1 atom stereocenters. The molecular formula is C15H23Cl2N3O. The number of likely N-dealkylation sites (N-methyl/N-ethyl adjacent to an activating group) is 1. The number of hydrogen-bond donors (Lipinski definition) is 2. The zero-order valence-electron chi connectivity index (χ0n) is 12.7. The minimum Gasteiger partial charge on any atom is -0.368 e. The molecule has 4 nitrogen and oxygen atoms in total. The van der Waals surface area contributed by atoms with Gasteiger partial charge in [0.05, 0.1) is 0 Å². The number of rotatable bonds is 8. The van der Waals surface area contributed by atoms with Crippen molar-refractivity contribution in [2.45, 2.75) is 26.3 Å². The summed E-state index contributed by atoms with van der Waals surface area (Å²) in [5.41, 5.74) is 5.21. The minimum atomic E-state index is -1.02. The van der Waals surface area contributed by atoms with E-state index in [9.17, 15) is 4.79 Å². The molecule has 1 unspecified atom stereocenters. The summed E-state index contributed by atoms with van der Waals surface area (Å²) in [5, 5.41) is 4.18. The summed E-state index contributed by atoms with van der Waals surface area (Å²) in [5.74, 6) is -0.466. The summed E-state index contributed by atoms with van der Waals surface area (Å²) in [6.45, 7) is 9.36. The molecular weight excluding hydrogens is 309 g/mol. The molecule has 0 aliphatic heterocycles. The zero-order valence-corrected chi connectivity index (χ0v) is 14.3. The van der Waals surface area contributed by atoms with Crippen LogP contribution < -0.4 is 11.1 Å². The number of halogens is 2. The van der Waals surface area contributed by atoms with Crippen molar-refractivity contribution in [1.29, 1.82) is 0 Å². The van der Waals surface area contributed by atoms with E-state index in [0.29, 0.717) is 22.2 Å². The van der Waals surface area contributed by atoms with Gasteiger partial charge in [0.25, 0.3) is 0 Å². The van der Waals surface area contributed by atoms with Crippen LogP contribution in [0, 0.1) is 0 Å². The molecule has 1 rings (SSSR count). The number of hydrogen-bond acceptors (Lipinski definition) is 3. The second-order valence-electron chi connectivity index (χ2n) is 5.07. The number of benzene rings is 1. The third-order valence-electron chi connectivity index (χ3n) is 3.76. The highest BCUT2D eigenvalue weighted by Gasteiger charge is 2.34. The van der Waals surface area contributed by atoms with Crippen molar-refractivity contribution < 1.29 is 4.79 Å². The van der Waals surface area contributed by atoms with Crippen molar-refractivity contribution in [3.8, 4) is 0 Å². The molecule has 0 aromatic heterocycles. The van der Waals surface area contributed by atoms with E-state index in [1.54, 1.807) is 25.1 Å². The third kappa shape index (κ3) is 4.58. The number of primary amides is 1. The van der Waals surface area contributed by atoms with Crippen LogP contribution in [0.2, 0.25) is 10.0 Å². The normalized spacial score (nSPS) is 14.2. The van der Waals surface area contributed by atoms with Gasteiger partial charge >= 0.3 is 0 Å². The van der Waals surface area contributed by atoms with Crippen molar-refractivity contribution in [1.82, 2.24) is 10.2 Å². The van der Waals surface area contributed by atoms with Crippen LogP contribution in [0.15, 0.2) is 18.2 Å². The topological polar surface area (TPSA) is 58.4 Å². The Kier molecular flexibility index (Phi) is 6.94. The molecule has 0 radical (unpaired) electrons. The van der Waals surface area contributed by atoms with Gasteiger partial charge in [-0.2, -0.15) is 0 Å². The van der Waals surface area contributed by atoms with Gasteiger partial charge in [-0.1, -0.05) is 43.1 Å². The van der Waals surface area contributed by atoms with Gasteiger partial charge in [-0.25, -0.2) is 0 Å². The Morgan fingerprint density at radius 1 is 1.33 bits per heavy atom. The molecule has 1 amide bonds. The van der Waals surface area contributed by atoms with Gasteiger partial charge in [0.15, 0.2) is 0 Å². The van der Waals surface area contributed by atoms with Crippen LogP contribution in [0.1, 0.15) is 26.3 Å². The summed E-state index contributed by atoms with van der Waals surface area (Å²) in [6, 6.07) is 5.06. The van der Waals surface area contributed by atoms with E-state index in [4.69, 9.17) is 28.9 Å². The Bertz CT molecular complexity index is 492. The van der Waals surface area contributed by atoms with Crippen LogP contribution in [-0.4, -0.2) is 37.0 Å². The SMILES string of the molecule is CCN(CC)CCNC(C)(C(N)=O)c1ccc(Cl)cc1Cl. The monoisotopic (exact) mass is 331 g/mol. The van der Waals surface area contributed by atoms with E-state index in [1.807, 2.05) is 0 Å². The Hall–Kier alpha value is -0.810. The Morgan fingerprint density at radius 2 is 1.95 bits per heavy atom. The number of nitrogens with two attached hydrogens (primary N) is 1. The van der Waals surface area contributed by atoms with Crippen molar-refractivity contribution in [3.05, 3.63) is 33.8 Å². The Balaban J connectivity index is 2.90. The van der Waals surface area contributed by atoms with Crippen molar-refractivity contribution in [3.63, 3.8) is 0 Å². The van der Waals surface area contributed by atoms with Crippen LogP contribution >= 0.6 is 23.2 Å². The van der Waals surface area contributed by atoms with E-state index < -0.39 is 11.4 Å². The fraction of sp³-hybridized carbons (Fsp3) is 0.533. The van der Waals surface area contributed by atoms with Gasteiger partial charge in [-0.15, -0.1) is 0 Å². The summed E-state index contributed by atoms with van der Waals surface area (Å²) >= 11 is 12.1. The van der Waals surface area contributed by atoms with E-state index in [-0.39, 0.29) is 0 Å². The molecule has 0 aliphatic carbocycles. The fourth-order valence-corrected chi connectivity index (χ4v) is 2.81. The summed E-state index contributed by atoms with van der Waals surface area (Å²) in [6.07, 6.45) is 0. The molecule has 1 aromatic rings. The molecule has 0 aliphatic rings. The quantitative estimate of drug-likeness (QED) is 0.769. The molecule has 0 saturated heterocycles. The highest BCUT2D eigenvalue weighted by atomic mass is 35.5. The average molecular weight is 332 g/mol. The predicted molar refractivity (Wildman–Crippen MR) is 88.8 cm³/mol. The maximum atomic E-state index is 11.9. The predicted octanol–water partition coefficient (Wildman–Crippen LogP) is 2.63. The lowest BCUT2D eigenvalue weighted by Crippen LogP contribution is -2.52. The molecule has 0 heterocycles. The number of carbonyl (C=O) groups is 1. The first-order valence-corrected chi connectivity index (χ1v) is 7.83. The van der Waals surface area contributed by atoms with Gasteiger partial charge in [-0.3, -0.25) is 10.1 Å². The van der Waals surface area contributed by atoms with E-state index in [2.05, 4.69) is 24.1 Å². The molecule has 0 saturated carbocycles. The summed E-state index contributed by atoms with van der Waals surface area (Å²) in [4.78, 5) is 14.2. The highest BCUT2D eigenvalue weighted by Crippen LogP contribution is 2.30. The maximum Gasteiger partial charge on any atom is 0.242 e. The van der Waals surface area contributed by atoms with E-state index in [0.717, 1.165) is 19.6 Å². The van der Waals surface area contributed by atoms with Crippen LogP contribution in [0.25, 0.3) is 0 Å². The van der Waals surface area contributed by atoms with Crippen molar-refractivity contribution >= 4 is 29.1 Å². The van der Waals surface area contributed by atoms with Crippen LogP contribution in [0.4, 0.5) is 0 Å². The number of amides is 1. The van der Waals surface area contributed by atoms with Gasteiger partial charge in [0, 0.05) is 23.1 Å². The fourth-order valence-electron chi connectivity index (χ4n) is 2.21. The Morgan fingerprint density at radius 3 is 2.43 bits per heavy atom. The number of nitrogens with zero attached hydrogens (tertiary/aromatic N) is 1. The van der Waals surface area contributed by atoms with Gasteiger partial charge in [-0.05, 0) is 37.7 Å². The molecule has 6 heteroatoms. The van der Waals surface area contributed by atoms with Crippen LogP contribution in [0.3, 0.4) is 0 Å². The first-order valence-electron chi connectivity index (χ1n) is 7.08. The first-order chi connectivity index (χ1) is 9.85. The molecule has 0 spiro atoms. The Labute approximate surface area is 136 Å². The molecule has 3 N–H and O–H groups in total. The molecule has 1 aromatic carbocycles.